The molecule has 0 N–H and O–H groups in total. The number of carbonyl (C=O) groups is 1. The molecule has 4 nitrogen and oxygen atoms in total. The molecule has 0 amide bonds. The smallest absolute Gasteiger partial charge is 0.315 e. The fraction of sp³-hybridized carbons (Fsp3) is 0.176. The van der Waals surface area contributed by atoms with Crippen LogP contribution in [0, 0.1) is 0 Å². The molecule has 0 aliphatic heterocycles. The first kappa shape index (κ1) is 13.4. The van der Waals surface area contributed by atoms with Gasteiger partial charge in [0.25, 0.3) is 0 Å². The van der Waals surface area contributed by atoms with Gasteiger partial charge in [0.05, 0.1) is 19.0 Å². The van der Waals surface area contributed by atoms with E-state index in [0.717, 1.165) is 16.9 Å². The number of benzene rings is 1. The summed E-state index contributed by atoms with van der Waals surface area (Å²) in [4.78, 5) is 16.5. The molecule has 1 atom stereocenters. The third kappa shape index (κ3) is 2.65. The molecular formula is C17H16N2O2. The first-order valence-electron chi connectivity index (χ1n) is 6.83. The molecule has 0 spiro atoms. The van der Waals surface area contributed by atoms with E-state index in [1.807, 2.05) is 59.1 Å². The molecule has 0 saturated carbocycles. The van der Waals surface area contributed by atoms with Crippen molar-refractivity contribution < 1.29 is 9.53 Å². The summed E-state index contributed by atoms with van der Waals surface area (Å²) in [5.41, 5.74) is 2.77. The summed E-state index contributed by atoms with van der Waals surface area (Å²) in [5.74, 6) is -0.612. The summed E-state index contributed by atoms with van der Waals surface area (Å²) in [6.45, 7) is 0. The lowest BCUT2D eigenvalue weighted by Gasteiger charge is -2.14. The minimum absolute atomic E-state index is 0.246. The standard InChI is InChI=1S/C17H16N2O2/c1-21-17(20)14(11-13-7-3-2-4-8-13)15-12-18-16-9-5-6-10-19(15)16/h2-10,12,14H,11H2,1H3. The van der Waals surface area contributed by atoms with Gasteiger partial charge in [0.2, 0.25) is 0 Å². The molecule has 0 saturated heterocycles. The minimum Gasteiger partial charge on any atom is -0.468 e. The van der Waals surface area contributed by atoms with Crippen molar-refractivity contribution in [2.24, 2.45) is 0 Å². The zero-order chi connectivity index (χ0) is 14.7. The van der Waals surface area contributed by atoms with Crippen LogP contribution in [-0.4, -0.2) is 22.5 Å². The highest BCUT2D eigenvalue weighted by molar-refractivity contribution is 5.78. The van der Waals surface area contributed by atoms with E-state index in [1.165, 1.54) is 7.11 Å². The Kier molecular flexibility index (Phi) is 3.69. The Labute approximate surface area is 123 Å². The average molecular weight is 280 g/mol. The van der Waals surface area contributed by atoms with E-state index < -0.39 is 0 Å². The molecule has 21 heavy (non-hydrogen) atoms. The molecule has 0 aliphatic carbocycles. The molecule has 106 valence electrons. The first-order valence-corrected chi connectivity index (χ1v) is 6.83. The molecule has 3 rings (SSSR count). The quantitative estimate of drug-likeness (QED) is 0.690. The van der Waals surface area contributed by atoms with Gasteiger partial charge in [-0.2, -0.15) is 0 Å². The van der Waals surface area contributed by atoms with Gasteiger partial charge in [-0.3, -0.25) is 4.79 Å². The molecule has 2 aromatic heterocycles. The summed E-state index contributed by atoms with van der Waals surface area (Å²) < 4.78 is 6.91. The van der Waals surface area contributed by atoms with Crippen molar-refractivity contribution >= 4 is 11.6 Å². The first-order chi connectivity index (χ1) is 10.3. The fourth-order valence-corrected chi connectivity index (χ4v) is 2.51. The molecule has 0 bridgehead atoms. The zero-order valence-corrected chi connectivity index (χ0v) is 11.8. The summed E-state index contributed by atoms with van der Waals surface area (Å²) in [6.07, 6.45) is 4.26. The molecule has 0 aliphatic rings. The number of aromatic nitrogens is 2. The van der Waals surface area contributed by atoms with Gasteiger partial charge in [-0.1, -0.05) is 36.4 Å². The zero-order valence-electron chi connectivity index (χ0n) is 11.8. The maximum Gasteiger partial charge on any atom is 0.315 e. The highest BCUT2D eigenvalue weighted by Crippen LogP contribution is 2.23. The summed E-state index contributed by atoms with van der Waals surface area (Å²) in [7, 11) is 1.42. The fourth-order valence-electron chi connectivity index (χ4n) is 2.51. The van der Waals surface area contributed by atoms with Crippen LogP contribution in [0.1, 0.15) is 17.2 Å². The minimum atomic E-state index is -0.366. The van der Waals surface area contributed by atoms with Crippen LogP contribution in [0.25, 0.3) is 5.65 Å². The van der Waals surface area contributed by atoms with Crippen molar-refractivity contribution in [1.29, 1.82) is 0 Å². The Hall–Kier alpha value is -2.62. The number of pyridine rings is 1. The van der Waals surface area contributed by atoms with Crippen molar-refractivity contribution in [3.05, 3.63) is 72.2 Å². The van der Waals surface area contributed by atoms with E-state index >= 15 is 0 Å². The van der Waals surface area contributed by atoms with Crippen LogP contribution in [0.3, 0.4) is 0 Å². The number of nitrogens with zero attached hydrogens (tertiary/aromatic N) is 2. The number of esters is 1. The van der Waals surface area contributed by atoms with Gasteiger partial charge in [0.1, 0.15) is 11.6 Å². The summed E-state index contributed by atoms with van der Waals surface area (Å²) in [6, 6.07) is 15.7. The second-order valence-electron chi connectivity index (χ2n) is 4.88. The second kappa shape index (κ2) is 5.79. The highest BCUT2D eigenvalue weighted by atomic mass is 16.5. The number of rotatable bonds is 4. The van der Waals surface area contributed by atoms with Crippen LogP contribution < -0.4 is 0 Å². The number of hydrogen-bond donors (Lipinski definition) is 0. The third-order valence-electron chi connectivity index (χ3n) is 3.57. The molecule has 3 aromatic rings. The Morgan fingerprint density at radius 2 is 1.95 bits per heavy atom. The lowest BCUT2D eigenvalue weighted by Crippen LogP contribution is -2.18. The van der Waals surface area contributed by atoms with Crippen LogP contribution in [0.5, 0.6) is 0 Å². The Morgan fingerprint density at radius 3 is 2.71 bits per heavy atom. The number of imidazole rings is 1. The monoisotopic (exact) mass is 280 g/mol. The topological polar surface area (TPSA) is 43.6 Å². The van der Waals surface area contributed by atoms with Crippen molar-refractivity contribution in [1.82, 2.24) is 9.38 Å². The normalized spacial score (nSPS) is 12.2. The van der Waals surface area contributed by atoms with Gasteiger partial charge < -0.3 is 9.14 Å². The van der Waals surface area contributed by atoms with Gasteiger partial charge in [-0.05, 0) is 24.1 Å². The van der Waals surface area contributed by atoms with Crippen LogP contribution in [-0.2, 0) is 16.0 Å². The Balaban J connectivity index is 2.01. The van der Waals surface area contributed by atoms with Crippen LogP contribution in [0.2, 0.25) is 0 Å². The number of carbonyl (C=O) groups excluding carboxylic acids is 1. The van der Waals surface area contributed by atoms with Crippen LogP contribution in [0.4, 0.5) is 0 Å². The van der Waals surface area contributed by atoms with Crippen molar-refractivity contribution in [3.63, 3.8) is 0 Å². The van der Waals surface area contributed by atoms with E-state index in [9.17, 15) is 4.79 Å². The molecule has 2 heterocycles. The number of fused-ring (bicyclic) bond motifs is 1. The maximum atomic E-state index is 12.2. The van der Waals surface area contributed by atoms with Gasteiger partial charge in [-0.15, -0.1) is 0 Å². The summed E-state index contributed by atoms with van der Waals surface area (Å²) in [5, 5.41) is 0. The lowest BCUT2D eigenvalue weighted by atomic mass is 9.96. The number of methoxy groups -OCH3 is 1. The van der Waals surface area contributed by atoms with Gasteiger partial charge in [0.15, 0.2) is 0 Å². The predicted octanol–water partition coefficient (Wildman–Crippen LogP) is 2.83. The SMILES string of the molecule is COC(=O)C(Cc1ccccc1)c1cnc2ccccn12. The lowest BCUT2D eigenvalue weighted by molar-refractivity contribution is -0.142. The van der Waals surface area contributed by atoms with E-state index in [0.29, 0.717) is 6.42 Å². The van der Waals surface area contributed by atoms with Crippen molar-refractivity contribution in [3.8, 4) is 0 Å². The summed E-state index contributed by atoms with van der Waals surface area (Å²) >= 11 is 0. The maximum absolute atomic E-state index is 12.2. The average Bonchev–Trinajstić information content (AvgIpc) is 2.97. The second-order valence-corrected chi connectivity index (χ2v) is 4.88. The number of ether oxygens (including phenoxy) is 1. The van der Waals surface area contributed by atoms with Crippen molar-refractivity contribution in [2.45, 2.75) is 12.3 Å². The Morgan fingerprint density at radius 1 is 1.19 bits per heavy atom. The molecule has 0 radical (unpaired) electrons. The van der Waals surface area contributed by atoms with E-state index in [2.05, 4.69) is 4.98 Å². The number of hydrogen-bond acceptors (Lipinski definition) is 3. The van der Waals surface area contributed by atoms with Crippen LogP contribution in [0.15, 0.2) is 60.9 Å². The molecule has 4 heteroatoms. The van der Waals surface area contributed by atoms with E-state index in [-0.39, 0.29) is 11.9 Å². The molecule has 1 unspecified atom stereocenters. The van der Waals surface area contributed by atoms with Crippen molar-refractivity contribution in [2.75, 3.05) is 7.11 Å². The molecular weight excluding hydrogens is 264 g/mol. The predicted molar refractivity (Wildman–Crippen MR) is 80.1 cm³/mol. The highest BCUT2D eigenvalue weighted by Gasteiger charge is 2.25. The molecule has 0 fully saturated rings. The largest absolute Gasteiger partial charge is 0.468 e. The van der Waals surface area contributed by atoms with E-state index in [1.54, 1.807) is 6.20 Å². The molecule has 1 aromatic carbocycles. The van der Waals surface area contributed by atoms with Gasteiger partial charge in [-0.25, -0.2) is 4.98 Å². The Bertz CT molecular complexity index is 750. The van der Waals surface area contributed by atoms with E-state index in [4.69, 9.17) is 4.74 Å². The van der Waals surface area contributed by atoms with Gasteiger partial charge >= 0.3 is 5.97 Å². The third-order valence-corrected chi connectivity index (χ3v) is 3.57. The van der Waals surface area contributed by atoms with Crippen LogP contribution >= 0.6 is 0 Å². The van der Waals surface area contributed by atoms with Gasteiger partial charge in [0, 0.05) is 6.20 Å².